The number of benzene rings is 1. The molecule has 0 radical (unpaired) electrons. The van der Waals surface area contributed by atoms with Gasteiger partial charge in [-0.3, -0.25) is 0 Å². The topological polar surface area (TPSA) is 98.7 Å². The van der Waals surface area contributed by atoms with E-state index in [1.165, 1.54) is 0 Å². The van der Waals surface area contributed by atoms with E-state index in [0.29, 0.717) is 5.02 Å². The number of carbonyl (C=O) groups is 2. The highest BCUT2D eigenvalue weighted by atomic mass is 35.5. The molecule has 1 rings (SSSR count). The normalized spacial score (nSPS) is 11.7. The number of aliphatic carboxylic acids is 1. The fraction of sp³-hybridized carbons (Fsp3) is 0.333. The Balaban J connectivity index is 2.47. The van der Waals surface area contributed by atoms with E-state index in [-0.39, 0.29) is 19.6 Å². The first-order valence-electron chi connectivity index (χ1n) is 5.66. The van der Waals surface area contributed by atoms with E-state index in [0.717, 1.165) is 5.56 Å². The molecule has 1 aromatic carbocycles. The molecule has 0 bridgehead atoms. The number of aliphatic hydroxyl groups is 1. The van der Waals surface area contributed by atoms with Crippen molar-refractivity contribution in [2.75, 3.05) is 6.61 Å². The molecule has 1 aromatic rings. The predicted octanol–water partition coefficient (Wildman–Crippen LogP) is 0.975. The lowest BCUT2D eigenvalue weighted by molar-refractivity contribution is -0.139. The first kappa shape index (κ1) is 15.3. The standard InChI is InChI=1S/C12H15ClN2O4/c13-9-4-2-1-3-8(9)7-14-12(19)15-10(5-6-16)11(17)18/h1-4,10,16H,5-7H2,(H,17,18)(H2,14,15,19)/t10-/m0/s1. The average molecular weight is 287 g/mol. The summed E-state index contributed by atoms with van der Waals surface area (Å²) in [6.45, 7) is -0.126. The highest BCUT2D eigenvalue weighted by molar-refractivity contribution is 6.31. The Hall–Kier alpha value is -1.79. The van der Waals surface area contributed by atoms with E-state index in [4.69, 9.17) is 21.8 Å². The highest BCUT2D eigenvalue weighted by Crippen LogP contribution is 2.14. The number of hydrogen-bond donors (Lipinski definition) is 4. The van der Waals surface area contributed by atoms with Crippen LogP contribution in [-0.4, -0.2) is 34.9 Å². The molecule has 0 aliphatic carbocycles. The molecular formula is C12H15ClN2O4. The summed E-state index contributed by atoms with van der Waals surface area (Å²) in [5, 5.41) is 22.8. The molecule has 0 spiro atoms. The lowest BCUT2D eigenvalue weighted by Gasteiger charge is -2.14. The van der Waals surface area contributed by atoms with Crippen molar-refractivity contribution in [1.29, 1.82) is 0 Å². The van der Waals surface area contributed by atoms with E-state index in [2.05, 4.69) is 10.6 Å². The van der Waals surface area contributed by atoms with Crippen LogP contribution in [0.4, 0.5) is 4.79 Å². The van der Waals surface area contributed by atoms with Gasteiger partial charge in [-0.05, 0) is 11.6 Å². The molecule has 0 aromatic heterocycles. The van der Waals surface area contributed by atoms with Gasteiger partial charge in [0.2, 0.25) is 0 Å². The zero-order chi connectivity index (χ0) is 14.3. The summed E-state index contributed by atoms with van der Waals surface area (Å²) in [7, 11) is 0. The fourth-order valence-corrected chi connectivity index (χ4v) is 1.62. The van der Waals surface area contributed by atoms with Crippen molar-refractivity contribution in [3.8, 4) is 0 Å². The van der Waals surface area contributed by atoms with Crippen LogP contribution in [-0.2, 0) is 11.3 Å². The van der Waals surface area contributed by atoms with Crippen molar-refractivity contribution in [3.63, 3.8) is 0 Å². The van der Waals surface area contributed by atoms with Crippen LogP contribution in [0.25, 0.3) is 0 Å². The molecule has 0 aliphatic rings. The maximum atomic E-state index is 11.5. The molecule has 104 valence electrons. The number of hydrogen-bond acceptors (Lipinski definition) is 3. The summed E-state index contributed by atoms with van der Waals surface area (Å²) >= 11 is 5.91. The minimum atomic E-state index is -1.19. The third-order valence-electron chi connectivity index (χ3n) is 2.42. The SMILES string of the molecule is O=C(NCc1ccccc1Cl)N[C@@H](CCO)C(=O)O. The molecule has 7 heteroatoms. The molecule has 2 amide bonds. The number of carboxylic acids is 1. The van der Waals surface area contributed by atoms with Crippen molar-refractivity contribution < 1.29 is 19.8 Å². The van der Waals surface area contributed by atoms with Crippen LogP contribution in [0.1, 0.15) is 12.0 Å². The number of aliphatic hydroxyl groups excluding tert-OH is 1. The van der Waals surface area contributed by atoms with E-state index in [1.54, 1.807) is 24.3 Å². The van der Waals surface area contributed by atoms with Gasteiger partial charge < -0.3 is 20.8 Å². The van der Waals surface area contributed by atoms with Crippen LogP contribution in [0.3, 0.4) is 0 Å². The molecule has 6 nitrogen and oxygen atoms in total. The monoisotopic (exact) mass is 286 g/mol. The van der Waals surface area contributed by atoms with Crippen molar-refractivity contribution in [3.05, 3.63) is 34.9 Å². The number of nitrogens with one attached hydrogen (secondary N) is 2. The van der Waals surface area contributed by atoms with E-state index >= 15 is 0 Å². The van der Waals surface area contributed by atoms with Gasteiger partial charge in [0.25, 0.3) is 0 Å². The third kappa shape index (κ3) is 5.15. The number of urea groups is 1. The Bertz CT molecular complexity index is 453. The third-order valence-corrected chi connectivity index (χ3v) is 2.79. The molecule has 19 heavy (non-hydrogen) atoms. The lowest BCUT2D eigenvalue weighted by atomic mass is 10.2. The van der Waals surface area contributed by atoms with E-state index < -0.39 is 18.0 Å². The summed E-state index contributed by atoms with van der Waals surface area (Å²) in [6, 6.07) is 5.27. The Morgan fingerprint density at radius 3 is 2.58 bits per heavy atom. The summed E-state index contributed by atoms with van der Waals surface area (Å²) in [4.78, 5) is 22.3. The van der Waals surface area contributed by atoms with E-state index in [9.17, 15) is 9.59 Å². The van der Waals surface area contributed by atoms with Gasteiger partial charge in [0.05, 0.1) is 0 Å². The zero-order valence-electron chi connectivity index (χ0n) is 10.1. The first-order valence-corrected chi connectivity index (χ1v) is 6.04. The minimum Gasteiger partial charge on any atom is -0.480 e. The van der Waals surface area contributed by atoms with Crippen molar-refractivity contribution in [1.82, 2.24) is 10.6 Å². The summed E-state index contributed by atoms with van der Waals surface area (Å²) in [5.74, 6) is -1.19. The second-order valence-corrected chi connectivity index (χ2v) is 4.23. The molecule has 0 fully saturated rings. The summed E-state index contributed by atoms with van der Waals surface area (Å²) in [5.41, 5.74) is 0.730. The number of rotatable bonds is 6. The van der Waals surface area contributed by atoms with Crippen LogP contribution >= 0.6 is 11.6 Å². The van der Waals surface area contributed by atoms with Crippen LogP contribution in [0.5, 0.6) is 0 Å². The van der Waals surface area contributed by atoms with Crippen LogP contribution in [0.2, 0.25) is 5.02 Å². The highest BCUT2D eigenvalue weighted by Gasteiger charge is 2.18. The molecule has 0 unspecified atom stereocenters. The van der Waals surface area contributed by atoms with Crippen molar-refractivity contribution >= 4 is 23.6 Å². The number of halogens is 1. The Morgan fingerprint density at radius 2 is 2.00 bits per heavy atom. The van der Waals surface area contributed by atoms with Gasteiger partial charge in [-0.15, -0.1) is 0 Å². The van der Waals surface area contributed by atoms with Crippen LogP contribution in [0.15, 0.2) is 24.3 Å². The second-order valence-electron chi connectivity index (χ2n) is 3.82. The van der Waals surface area contributed by atoms with Gasteiger partial charge in [0.1, 0.15) is 6.04 Å². The predicted molar refractivity (Wildman–Crippen MR) is 70.0 cm³/mol. The molecule has 0 aliphatic heterocycles. The lowest BCUT2D eigenvalue weighted by Crippen LogP contribution is -2.46. The molecule has 0 saturated heterocycles. The molecular weight excluding hydrogens is 272 g/mol. The number of carbonyl (C=O) groups excluding carboxylic acids is 1. The number of amides is 2. The molecule has 1 atom stereocenters. The molecule has 4 N–H and O–H groups in total. The largest absolute Gasteiger partial charge is 0.480 e. The average Bonchev–Trinajstić information content (AvgIpc) is 2.37. The first-order chi connectivity index (χ1) is 9.04. The number of carboxylic acid groups (broad SMARTS) is 1. The van der Waals surface area contributed by atoms with Crippen LogP contribution in [0, 0.1) is 0 Å². The minimum absolute atomic E-state index is 0.0468. The summed E-state index contributed by atoms with van der Waals surface area (Å²) < 4.78 is 0. The van der Waals surface area contributed by atoms with E-state index in [1.807, 2.05) is 0 Å². The van der Waals surface area contributed by atoms with Gasteiger partial charge in [0.15, 0.2) is 0 Å². The maximum absolute atomic E-state index is 11.5. The second kappa shape index (κ2) is 7.60. The van der Waals surface area contributed by atoms with Gasteiger partial charge >= 0.3 is 12.0 Å². The Kier molecular flexibility index (Phi) is 6.11. The quantitative estimate of drug-likeness (QED) is 0.626. The fourth-order valence-electron chi connectivity index (χ4n) is 1.41. The molecule has 0 heterocycles. The summed E-state index contributed by atoms with van der Waals surface area (Å²) in [6.07, 6.45) is -0.0468. The van der Waals surface area contributed by atoms with Gasteiger partial charge in [-0.25, -0.2) is 9.59 Å². The van der Waals surface area contributed by atoms with Crippen molar-refractivity contribution in [2.24, 2.45) is 0 Å². The Morgan fingerprint density at radius 1 is 1.32 bits per heavy atom. The van der Waals surface area contributed by atoms with Gasteiger partial charge in [-0.2, -0.15) is 0 Å². The van der Waals surface area contributed by atoms with Crippen molar-refractivity contribution in [2.45, 2.75) is 19.0 Å². The van der Waals surface area contributed by atoms with Crippen LogP contribution < -0.4 is 10.6 Å². The van der Waals surface area contributed by atoms with Gasteiger partial charge in [0, 0.05) is 24.6 Å². The zero-order valence-corrected chi connectivity index (χ0v) is 10.9. The maximum Gasteiger partial charge on any atom is 0.326 e. The molecule has 0 saturated carbocycles. The Labute approximate surface area is 115 Å². The smallest absolute Gasteiger partial charge is 0.326 e. The van der Waals surface area contributed by atoms with Gasteiger partial charge in [-0.1, -0.05) is 29.8 Å².